The molecule has 0 aliphatic rings. The van der Waals surface area contributed by atoms with Crippen LogP contribution in [0.4, 0.5) is 0 Å². The molecule has 2 rings (SSSR count). The van der Waals surface area contributed by atoms with Crippen LogP contribution >= 0.6 is 0 Å². The second kappa shape index (κ2) is 3.46. The van der Waals surface area contributed by atoms with E-state index in [0.29, 0.717) is 0 Å². The van der Waals surface area contributed by atoms with E-state index in [1.807, 2.05) is 19.1 Å². The minimum atomic E-state index is 0.777. The lowest BCUT2D eigenvalue weighted by Crippen LogP contribution is -1.80. The van der Waals surface area contributed by atoms with Gasteiger partial charge in [-0.25, -0.2) is 0 Å². The number of allylic oxidation sites excluding steroid dienone is 1. The fourth-order valence-electron chi connectivity index (χ4n) is 1.44. The molecule has 0 fully saturated rings. The van der Waals surface area contributed by atoms with Gasteiger partial charge in [-0.1, -0.05) is 6.08 Å². The van der Waals surface area contributed by atoms with Crippen LogP contribution in [-0.4, -0.2) is 16.5 Å². The van der Waals surface area contributed by atoms with E-state index in [4.69, 9.17) is 0 Å². The third kappa shape index (κ3) is 1.44. The Morgan fingerprint density at radius 1 is 1.43 bits per heavy atom. The predicted molar refractivity (Wildman–Crippen MR) is 55.9 cm³/mol. The van der Waals surface area contributed by atoms with E-state index in [2.05, 4.69) is 10.2 Å². The highest BCUT2D eigenvalue weighted by Gasteiger charge is 1.99. The first kappa shape index (κ1) is 8.69. The molecule has 2 aromatic rings. The zero-order chi connectivity index (χ0) is 9.97. The molecule has 0 atom stereocenters. The van der Waals surface area contributed by atoms with Crippen molar-refractivity contribution in [2.45, 2.75) is 6.92 Å². The third-order valence-corrected chi connectivity index (χ3v) is 2.18. The van der Waals surface area contributed by atoms with Crippen molar-refractivity contribution in [2.75, 3.05) is 0 Å². The standard InChI is InChI=1S/C11H10N2O/c1-8-5-11-10(7-12-13-11)6-9(8)3-2-4-14/h2-7H,1H3,(H,12,13). The van der Waals surface area contributed by atoms with Crippen molar-refractivity contribution in [1.29, 1.82) is 0 Å². The number of aldehydes is 1. The zero-order valence-electron chi connectivity index (χ0n) is 7.82. The summed E-state index contributed by atoms with van der Waals surface area (Å²) in [7, 11) is 0. The maximum Gasteiger partial charge on any atom is 0.142 e. The van der Waals surface area contributed by atoms with Gasteiger partial charge >= 0.3 is 0 Å². The highest BCUT2D eigenvalue weighted by atomic mass is 16.1. The Morgan fingerprint density at radius 3 is 3.07 bits per heavy atom. The number of carbonyl (C=O) groups excluding carboxylic acids is 1. The number of benzene rings is 1. The molecule has 0 aliphatic carbocycles. The summed E-state index contributed by atoms with van der Waals surface area (Å²) in [6.45, 7) is 2.00. The summed E-state index contributed by atoms with van der Waals surface area (Å²) in [5.74, 6) is 0. The Labute approximate surface area is 81.4 Å². The van der Waals surface area contributed by atoms with Crippen molar-refractivity contribution in [2.24, 2.45) is 0 Å². The largest absolute Gasteiger partial charge is 0.299 e. The quantitative estimate of drug-likeness (QED) is 0.576. The van der Waals surface area contributed by atoms with Crippen molar-refractivity contribution in [3.05, 3.63) is 35.5 Å². The number of rotatable bonds is 2. The topological polar surface area (TPSA) is 45.8 Å². The Kier molecular flexibility index (Phi) is 2.14. The molecule has 0 unspecified atom stereocenters. The van der Waals surface area contributed by atoms with Gasteiger partial charge in [0.15, 0.2) is 0 Å². The lowest BCUT2D eigenvalue weighted by molar-refractivity contribution is -0.104. The molecule has 70 valence electrons. The van der Waals surface area contributed by atoms with Crippen molar-refractivity contribution in [3.63, 3.8) is 0 Å². The van der Waals surface area contributed by atoms with Gasteiger partial charge in [-0.2, -0.15) is 5.10 Å². The first-order valence-corrected chi connectivity index (χ1v) is 4.37. The summed E-state index contributed by atoms with van der Waals surface area (Å²) in [6, 6.07) is 4.03. The van der Waals surface area contributed by atoms with Crippen molar-refractivity contribution < 1.29 is 4.79 Å². The van der Waals surface area contributed by atoms with Crippen LogP contribution in [0.3, 0.4) is 0 Å². The minimum Gasteiger partial charge on any atom is -0.299 e. The van der Waals surface area contributed by atoms with Gasteiger partial charge in [0.1, 0.15) is 6.29 Å². The molecule has 0 amide bonds. The maximum absolute atomic E-state index is 10.2. The van der Waals surface area contributed by atoms with Crippen LogP contribution in [0.5, 0.6) is 0 Å². The number of aryl methyl sites for hydroxylation is 1. The van der Waals surface area contributed by atoms with E-state index in [0.717, 1.165) is 28.3 Å². The Bertz CT molecular complexity index is 497. The van der Waals surface area contributed by atoms with Gasteiger partial charge in [0.05, 0.1) is 11.7 Å². The number of carbonyl (C=O) groups is 1. The lowest BCUT2D eigenvalue weighted by Gasteiger charge is -1.99. The zero-order valence-corrected chi connectivity index (χ0v) is 7.82. The van der Waals surface area contributed by atoms with Gasteiger partial charge in [0.25, 0.3) is 0 Å². The monoisotopic (exact) mass is 186 g/mol. The Morgan fingerprint density at radius 2 is 2.29 bits per heavy atom. The number of hydrogen-bond donors (Lipinski definition) is 1. The average molecular weight is 186 g/mol. The molecule has 3 heteroatoms. The van der Waals surface area contributed by atoms with E-state index in [-0.39, 0.29) is 0 Å². The Balaban J connectivity index is 2.58. The number of nitrogens with one attached hydrogen (secondary N) is 1. The number of nitrogens with zero attached hydrogens (tertiary/aromatic N) is 1. The second-order valence-electron chi connectivity index (χ2n) is 3.16. The summed E-state index contributed by atoms with van der Waals surface area (Å²) in [4.78, 5) is 10.2. The molecule has 0 spiro atoms. The summed E-state index contributed by atoms with van der Waals surface area (Å²) in [5.41, 5.74) is 3.19. The van der Waals surface area contributed by atoms with Gasteiger partial charge in [-0.15, -0.1) is 0 Å². The van der Waals surface area contributed by atoms with Crippen molar-refractivity contribution >= 4 is 23.3 Å². The molecule has 0 saturated carbocycles. The lowest BCUT2D eigenvalue weighted by atomic mass is 10.1. The molecule has 3 nitrogen and oxygen atoms in total. The van der Waals surface area contributed by atoms with Gasteiger partial charge in [0, 0.05) is 5.39 Å². The van der Waals surface area contributed by atoms with Crippen LogP contribution in [-0.2, 0) is 4.79 Å². The number of aromatic amines is 1. The molecule has 1 aromatic carbocycles. The van der Waals surface area contributed by atoms with Crippen molar-refractivity contribution in [1.82, 2.24) is 10.2 Å². The molecule has 0 saturated heterocycles. The summed E-state index contributed by atoms with van der Waals surface area (Å²) in [5, 5.41) is 7.90. The van der Waals surface area contributed by atoms with Crippen LogP contribution in [0.25, 0.3) is 17.0 Å². The highest BCUT2D eigenvalue weighted by Crippen LogP contribution is 2.18. The maximum atomic E-state index is 10.2. The van der Waals surface area contributed by atoms with E-state index < -0.39 is 0 Å². The van der Waals surface area contributed by atoms with E-state index >= 15 is 0 Å². The van der Waals surface area contributed by atoms with Crippen LogP contribution in [0, 0.1) is 6.92 Å². The normalized spacial score (nSPS) is 11.2. The first-order valence-electron chi connectivity index (χ1n) is 4.37. The average Bonchev–Trinajstić information content (AvgIpc) is 2.61. The molecule has 0 bridgehead atoms. The van der Waals surface area contributed by atoms with Crippen LogP contribution in [0.1, 0.15) is 11.1 Å². The smallest absolute Gasteiger partial charge is 0.142 e. The number of hydrogen-bond acceptors (Lipinski definition) is 2. The fourth-order valence-corrected chi connectivity index (χ4v) is 1.44. The van der Waals surface area contributed by atoms with Gasteiger partial charge in [-0.3, -0.25) is 9.89 Å². The highest BCUT2D eigenvalue weighted by molar-refractivity contribution is 5.84. The summed E-state index contributed by atoms with van der Waals surface area (Å²) >= 11 is 0. The van der Waals surface area contributed by atoms with Gasteiger partial charge < -0.3 is 0 Å². The summed E-state index contributed by atoms with van der Waals surface area (Å²) < 4.78 is 0. The number of fused-ring (bicyclic) bond motifs is 1. The molecule has 1 N–H and O–H groups in total. The van der Waals surface area contributed by atoms with Crippen molar-refractivity contribution in [3.8, 4) is 0 Å². The summed E-state index contributed by atoms with van der Waals surface area (Å²) in [6.07, 6.45) is 5.84. The third-order valence-electron chi connectivity index (χ3n) is 2.18. The van der Waals surface area contributed by atoms with E-state index in [1.165, 1.54) is 6.08 Å². The van der Waals surface area contributed by atoms with Gasteiger partial charge in [0.2, 0.25) is 0 Å². The molecular formula is C11H10N2O. The molecule has 1 heterocycles. The predicted octanol–water partition coefficient (Wildman–Crippen LogP) is 2.08. The molecular weight excluding hydrogens is 176 g/mol. The molecule has 1 aromatic heterocycles. The number of aromatic nitrogens is 2. The minimum absolute atomic E-state index is 0.777. The SMILES string of the molecule is Cc1cc2[nH]ncc2cc1C=CC=O. The Hall–Kier alpha value is -1.90. The van der Waals surface area contributed by atoms with Crippen LogP contribution in [0.2, 0.25) is 0 Å². The molecule has 0 radical (unpaired) electrons. The number of H-pyrrole nitrogens is 1. The molecule has 14 heavy (non-hydrogen) atoms. The second-order valence-corrected chi connectivity index (χ2v) is 3.16. The van der Waals surface area contributed by atoms with E-state index in [9.17, 15) is 4.79 Å². The fraction of sp³-hybridized carbons (Fsp3) is 0.0909. The van der Waals surface area contributed by atoms with Gasteiger partial charge in [-0.05, 0) is 36.3 Å². The van der Waals surface area contributed by atoms with E-state index in [1.54, 1.807) is 12.3 Å². The molecule has 0 aliphatic heterocycles. The first-order chi connectivity index (χ1) is 6.81. The van der Waals surface area contributed by atoms with Crippen LogP contribution in [0.15, 0.2) is 24.4 Å². The van der Waals surface area contributed by atoms with Crippen LogP contribution < -0.4 is 0 Å².